The number of benzene rings is 2. The first-order valence-corrected chi connectivity index (χ1v) is 6.91. The van der Waals surface area contributed by atoms with Crippen LogP contribution in [0.4, 0.5) is 5.69 Å². The van der Waals surface area contributed by atoms with E-state index in [0.717, 1.165) is 22.3 Å². The van der Waals surface area contributed by atoms with Gasteiger partial charge in [0.1, 0.15) is 6.07 Å². The molecule has 0 radical (unpaired) electrons. The summed E-state index contributed by atoms with van der Waals surface area (Å²) in [4.78, 5) is 0. The molecule has 0 bridgehead atoms. The van der Waals surface area contributed by atoms with Gasteiger partial charge < -0.3 is 5.32 Å². The molecular formula is C16H13ClN4. The van der Waals surface area contributed by atoms with E-state index in [1.165, 1.54) is 0 Å². The number of aromatic nitrogens is 2. The van der Waals surface area contributed by atoms with Crippen LogP contribution >= 0.6 is 11.6 Å². The molecule has 2 aromatic carbocycles. The summed E-state index contributed by atoms with van der Waals surface area (Å²) in [6.07, 6.45) is 0. The molecule has 5 heteroatoms. The van der Waals surface area contributed by atoms with Crippen LogP contribution in [0.3, 0.4) is 0 Å². The normalized spacial score (nSPS) is 10.5. The van der Waals surface area contributed by atoms with Gasteiger partial charge in [-0.1, -0.05) is 29.8 Å². The summed E-state index contributed by atoms with van der Waals surface area (Å²) in [6.45, 7) is 0.538. The minimum atomic E-state index is 0.538. The van der Waals surface area contributed by atoms with E-state index in [1.807, 2.05) is 36.0 Å². The maximum atomic E-state index is 9.13. The fourth-order valence-corrected chi connectivity index (χ4v) is 2.53. The van der Waals surface area contributed by atoms with Crippen molar-refractivity contribution in [3.63, 3.8) is 0 Å². The van der Waals surface area contributed by atoms with Crippen LogP contribution in [0, 0.1) is 11.3 Å². The Balaban J connectivity index is 1.91. The number of nitriles is 1. The van der Waals surface area contributed by atoms with Crippen molar-refractivity contribution in [3.05, 3.63) is 58.7 Å². The van der Waals surface area contributed by atoms with E-state index in [4.69, 9.17) is 16.9 Å². The number of para-hydroxylation sites is 1. The number of hydrogen-bond donors (Lipinski definition) is 1. The highest BCUT2D eigenvalue weighted by atomic mass is 35.5. The predicted molar refractivity (Wildman–Crippen MR) is 84.2 cm³/mol. The van der Waals surface area contributed by atoms with Gasteiger partial charge in [0, 0.05) is 17.5 Å². The molecule has 104 valence electrons. The SMILES string of the molecule is Cn1nc(CNc2cc(Cl)ccc2C#N)c2ccccc21. The monoisotopic (exact) mass is 296 g/mol. The van der Waals surface area contributed by atoms with Gasteiger partial charge in [-0.2, -0.15) is 10.4 Å². The molecule has 0 fully saturated rings. The fourth-order valence-electron chi connectivity index (χ4n) is 2.36. The average molecular weight is 297 g/mol. The number of hydrogen-bond acceptors (Lipinski definition) is 3. The lowest BCUT2D eigenvalue weighted by atomic mass is 10.1. The largest absolute Gasteiger partial charge is 0.378 e. The Labute approximate surface area is 127 Å². The van der Waals surface area contributed by atoms with Crippen molar-refractivity contribution < 1.29 is 0 Å². The number of anilines is 1. The lowest BCUT2D eigenvalue weighted by molar-refractivity contribution is 0.771. The van der Waals surface area contributed by atoms with Crippen LogP contribution < -0.4 is 5.32 Å². The lowest BCUT2D eigenvalue weighted by Gasteiger charge is -2.07. The summed E-state index contributed by atoms with van der Waals surface area (Å²) in [6, 6.07) is 15.4. The first kappa shape index (κ1) is 13.5. The number of nitrogens with zero attached hydrogens (tertiary/aromatic N) is 3. The molecule has 0 unspecified atom stereocenters. The second kappa shape index (κ2) is 5.47. The van der Waals surface area contributed by atoms with Gasteiger partial charge in [0.2, 0.25) is 0 Å². The zero-order chi connectivity index (χ0) is 14.8. The number of aryl methyl sites for hydroxylation is 1. The van der Waals surface area contributed by atoms with Crippen LogP contribution in [0.25, 0.3) is 10.9 Å². The van der Waals surface area contributed by atoms with Gasteiger partial charge >= 0.3 is 0 Å². The van der Waals surface area contributed by atoms with Crippen molar-refractivity contribution in [2.24, 2.45) is 7.05 Å². The van der Waals surface area contributed by atoms with Gasteiger partial charge in [0.25, 0.3) is 0 Å². The first-order valence-electron chi connectivity index (χ1n) is 6.53. The maximum Gasteiger partial charge on any atom is 0.101 e. The highest BCUT2D eigenvalue weighted by molar-refractivity contribution is 6.30. The summed E-state index contributed by atoms with van der Waals surface area (Å²) >= 11 is 5.99. The molecule has 0 amide bonds. The molecule has 1 N–H and O–H groups in total. The Morgan fingerprint density at radius 3 is 2.90 bits per heavy atom. The van der Waals surface area contributed by atoms with Crippen molar-refractivity contribution in [2.75, 3.05) is 5.32 Å². The van der Waals surface area contributed by atoms with E-state index in [-0.39, 0.29) is 0 Å². The van der Waals surface area contributed by atoms with Crippen LogP contribution in [0.1, 0.15) is 11.3 Å². The molecule has 3 rings (SSSR count). The Hall–Kier alpha value is -2.51. The van der Waals surface area contributed by atoms with Crippen molar-refractivity contribution in [1.82, 2.24) is 9.78 Å². The van der Waals surface area contributed by atoms with Crippen molar-refractivity contribution in [3.8, 4) is 6.07 Å². The smallest absolute Gasteiger partial charge is 0.101 e. The Morgan fingerprint density at radius 2 is 2.10 bits per heavy atom. The van der Waals surface area contributed by atoms with Crippen LogP contribution in [-0.4, -0.2) is 9.78 Å². The zero-order valence-corrected chi connectivity index (χ0v) is 12.2. The molecule has 0 spiro atoms. The van der Waals surface area contributed by atoms with Crippen LogP contribution in [0.15, 0.2) is 42.5 Å². The molecule has 0 saturated carbocycles. The number of rotatable bonds is 3. The molecule has 0 aliphatic rings. The molecule has 3 aromatic rings. The Morgan fingerprint density at radius 1 is 1.29 bits per heavy atom. The molecule has 0 aliphatic carbocycles. The average Bonchev–Trinajstić information content (AvgIpc) is 2.82. The van der Waals surface area contributed by atoms with E-state index < -0.39 is 0 Å². The molecule has 1 heterocycles. The predicted octanol–water partition coefficient (Wildman–Crippen LogP) is 3.71. The molecule has 0 saturated heterocycles. The third-order valence-corrected chi connectivity index (χ3v) is 3.62. The minimum absolute atomic E-state index is 0.538. The number of halogens is 1. The third-order valence-electron chi connectivity index (χ3n) is 3.38. The summed E-state index contributed by atoms with van der Waals surface area (Å²) < 4.78 is 1.86. The second-order valence-electron chi connectivity index (χ2n) is 4.74. The van der Waals surface area contributed by atoms with E-state index in [2.05, 4.69) is 16.5 Å². The maximum absolute atomic E-state index is 9.13. The zero-order valence-electron chi connectivity index (χ0n) is 11.5. The van der Waals surface area contributed by atoms with Gasteiger partial charge in [-0.05, 0) is 24.3 Å². The first-order chi connectivity index (χ1) is 10.2. The molecular weight excluding hydrogens is 284 g/mol. The highest BCUT2D eigenvalue weighted by Gasteiger charge is 2.09. The topological polar surface area (TPSA) is 53.6 Å². The van der Waals surface area contributed by atoms with Gasteiger partial charge in [-0.15, -0.1) is 0 Å². The standard InChI is InChI=1S/C16H13ClN4/c1-21-16-5-3-2-4-13(16)15(20-21)10-19-14-8-12(17)7-6-11(14)9-18/h2-8,19H,10H2,1H3. The second-order valence-corrected chi connectivity index (χ2v) is 5.18. The summed E-state index contributed by atoms with van der Waals surface area (Å²) in [5.74, 6) is 0. The van der Waals surface area contributed by atoms with Crippen molar-refractivity contribution >= 4 is 28.2 Å². The minimum Gasteiger partial charge on any atom is -0.378 e. The van der Waals surface area contributed by atoms with Crippen molar-refractivity contribution in [1.29, 1.82) is 5.26 Å². The lowest BCUT2D eigenvalue weighted by Crippen LogP contribution is -2.03. The third kappa shape index (κ3) is 2.56. The Bertz CT molecular complexity index is 845. The van der Waals surface area contributed by atoms with Gasteiger partial charge in [0.05, 0.1) is 29.0 Å². The van der Waals surface area contributed by atoms with E-state index in [1.54, 1.807) is 18.2 Å². The molecule has 0 atom stereocenters. The molecule has 21 heavy (non-hydrogen) atoms. The van der Waals surface area contributed by atoms with Crippen LogP contribution in [-0.2, 0) is 13.6 Å². The summed E-state index contributed by atoms with van der Waals surface area (Å²) in [5.41, 5.74) is 3.32. The van der Waals surface area contributed by atoms with E-state index >= 15 is 0 Å². The van der Waals surface area contributed by atoms with Crippen molar-refractivity contribution in [2.45, 2.75) is 6.54 Å². The van der Waals surface area contributed by atoms with E-state index in [9.17, 15) is 0 Å². The quantitative estimate of drug-likeness (QED) is 0.801. The molecule has 4 nitrogen and oxygen atoms in total. The van der Waals surface area contributed by atoms with Crippen LogP contribution in [0.2, 0.25) is 5.02 Å². The highest BCUT2D eigenvalue weighted by Crippen LogP contribution is 2.23. The van der Waals surface area contributed by atoms with Gasteiger partial charge in [0.15, 0.2) is 0 Å². The molecule has 0 aliphatic heterocycles. The Kier molecular flexibility index (Phi) is 3.51. The fraction of sp³-hybridized carbons (Fsp3) is 0.125. The number of nitrogens with one attached hydrogen (secondary N) is 1. The van der Waals surface area contributed by atoms with E-state index in [0.29, 0.717) is 17.1 Å². The van der Waals surface area contributed by atoms with Crippen LogP contribution in [0.5, 0.6) is 0 Å². The van der Waals surface area contributed by atoms with Gasteiger partial charge in [-0.3, -0.25) is 4.68 Å². The summed E-state index contributed by atoms with van der Waals surface area (Å²) in [5, 5.41) is 18.6. The molecule has 1 aromatic heterocycles. The summed E-state index contributed by atoms with van der Waals surface area (Å²) in [7, 11) is 1.92. The number of fused-ring (bicyclic) bond motifs is 1. The van der Waals surface area contributed by atoms with Gasteiger partial charge in [-0.25, -0.2) is 0 Å².